The molecule has 0 amide bonds. The highest BCUT2D eigenvalue weighted by Gasteiger charge is 2.31. The Balaban J connectivity index is 2.75. The molecule has 0 heterocycles. The average molecular weight is 217 g/mol. The summed E-state index contributed by atoms with van der Waals surface area (Å²) in [5.41, 5.74) is 6.03. The van der Waals surface area contributed by atoms with Crippen molar-refractivity contribution >= 4 is 0 Å². The van der Waals surface area contributed by atoms with Gasteiger partial charge in [-0.25, -0.2) is 0 Å². The molecule has 0 bridgehead atoms. The van der Waals surface area contributed by atoms with Crippen LogP contribution in [0.25, 0.3) is 0 Å². The lowest BCUT2D eigenvalue weighted by Gasteiger charge is -2.18. The summed E-state index contributed by atoms with van der Waals surface area (Å²) in [4.78, 5) is 0. The second-order valence-electron chi connectivity index (χ2n) is 3.50. The van der Waals surface area contributed by atoms with Gasteiger partial charge >= 0.3 is 6.18 Å². The van der Waals surface area contributed by atoms with Crippen molar-refractivity contribution in [3.05, 3.63) is 35.9 Å². The number of rotatable bonds is 4. The minimum Gasteiger partial charge on any atom is -0.330 e. The molecule has 0 spiro atoms. The quantitative estimate of drug-likeness (QED) is 0.824. The summed E-state index contributed by atoms with van der Waals surface area (Å²) in [6.07, 6.45) is -4.56. The van der Waals surface area contributed by atoms with Gasteiger partial charge in [-0.3, -0.25) is 0 Å². The van der Waals surface area contributed by atoms with Crippen LogP contribution in [-0.4, -0.2) is 12.7 Å². The summed E-state index contributed by atoms with van der Waals surface area (Å²) >= 11 is 0. The lowest BCUT2D eigenvalue weighted by molar-refractivity contribution is -0.139. The van der Waals surface area contributed by atoms with Crippen LogP contribution < -0.4 is 5.73 Å². The van der Waals surface area contributed by atoms with Crippen molar-refractivity contribution in [3.8, 4) is 0 Å². The van der Waals surface area contributed by atoms with E-state index < -0.39 is 18.5 Å². The van der Waals surface area contributed by atoms with Crippen molar-refractivity contribution in [2.45, 2.75) is 24.9 Å². The highest BCUT2D eigenvalue weighted by Crippen LogP contribution is 2.32. The van der Waals surface area contributed by atoms with Gasteiger partial charge < -0.3 is 5.73 Å². The summed E-state index contributed by atoms with van der Waals surface area (Å²) in [5, 5.41) is 0. The second kappa shape index (κ2) is 5.16. The molecule has 0 aliphatic carbocycles. The summed E-state index contributed by atoms with van der Waals surface area (Å²) in [5.74, 6) is -0.517. The van der Waals surface area contributed by atoms with Crippen LogP contribution in [-0.2, 0) is 0 Å². The van der Waals surface area contributed by atoms with Gasteiger partial charge in [0.25, 0.3) is 0 Å². The minimum absolute atomic E-state index is 0.273. The SMILES string of the molecule is NCCC(CC(F)(F)F)c1ccccc1. The highest BCUT2D eigenvalue weighted by atomic mass is 19.4. The maximum absolute atomic E-state index is 12.3. The molecule has 84 valence electrons. The van der Waals surface area contributed by atoms with E-state index in [1.807, 2.05) is 0 Å². The van der Waals surface area contributed by atoms with Gasteiger partial charge in [0, 0.05) is 0 Å². The minimum atomic E-state index is -4.13. The van der Waals surface area contributed by atoms with Crippen LogP contribution >= 0.6 is 0 Å². The second-order valence-corrected chi connectivity index (χ2v) is 3.50. The van der Waals surface area contributed by atoms with Gasteiger partial charge in [0.2, 0.25) is 0 Å². The Morgan fingerprint density at radius 3 is 2.20 bits per heavy atom. The fourth-order valence-electron chi connectivity index (χ4n) is 1.59. The zero-order valence-corrected chi connectivity index (χ0v) is 8.30. The average Bonchev–Trinajstić information content (AvgIpc) is 2.17. The summed E-state index contributed by atoms with van der Waals surface area (Å²) < 4.78 is 36.8. The van der Waals surface area contributed by atoms with E-state index in [-0.39, 0.29) is 6.54 Å². The topological polar surface area (TPSA) is 26.0 Å². The Morgan fingerprint density at radius 1 is 1.13 bits per heavy atom. The molecule has 0 aliphatic rings. The van der Waals surface area contributed by atoms with Crippen LogP contribution in [0, 0.1) is 0 Å². The molecule has 1 unspecified atom stereocenters. The third-order valence-corrected chi connectivity index (χ3v) is 2.26. The molecule has 4 heteroatoms. The third kappa shape index (κ3) is 4.34. The van der Waals surface area contributed by atoms with Crippen LogP contribution in [0.4, 0.5) is 13.2 Å². The Kier molecular flexibility index (Phi) is 4.15. The van der Waals surface area contributed by atoms with E-state index in [4.69, 9.17) is 5.73 Å². The maximum atomic E-state index is 12.3. The van der Waals surface area contributed by atoms with Gasteiger partial charge in [0.15, 0.2) is 0 Å². The van der Waals surface area contributed by atoms with Crippen LogP contribution in [0.5, 0.6) is 0 Å². The molecule has 0 radical (unpaired) electrons. The van der Waals surface area contributed by atoms with E-state index in [1.54, 1.807) is 30.3 Å². The number of alkyl halides is 3. The molecule has 1 aromatic carbocycles. The first-order valence-electron chi connectivity index (χ1n) is 4.84. The van der Waals surface area contributed by atoms with E-state index in [2.05, 4.69) is 0 Å². The molecule has 15 heavy (non-hydrogen) atoms. The van der Waals surface area contributed by atoms with Crippen LogP contribution in [0.1, 0.15) is 24.3 Å². The molecule has 2 N–H and O–H groups in total. The van der Waals surface area contributed by atoms with Crippen LogP contribution in [0.2, 0.25) is 0 Å². The maximum Gasteiger partial charge on any atom is 0.389 e. The number of halogens is 3. The van der Waals surface area contributed by atoms with Gasteiger partial charge in [0.1, 0.15) is 0 Å². The fourth-order valence-corrected chi connectivity index (χ4v) is 1.59. The molecule has 1 atom stereocenters. The molecule has 0 aliphatic heterocycles. The molecule has 0 fully saturated rings. The molecule has 1 rings (SSSR count). The Hall–Kier alpha value is -1.03. The molecule has 0 saturated heterocycles. The van der Waals surface area contributed by atoms with E-state index in [0.717, 1.165) is 0 Å². The number of benzene rings is 1. The lowest BCUT2D eigenvalue weighted by atomic mass is 9.92. The highest BCUT2D eigenvalue weighted by molar-refractivity contribution is 5.19. The lowest BCUT2D eigenvalue weighted by Crippen LogP contribution is -2.16. The Labute approximate surface area is 87.1 Å². The molecular weight excluding hydrogens is 203 g/mol. The first-order valence-corrected chi connectivity index (χ1v) is 4.84. The van der Waals surface area contributed by atoms with Gasteiger partial charge in [-0.15, -0.1) is 0 Å². The monoisotopic (exact) mass is 217 g/mol. The van der Waals surface area contributed by atoms with E-state index in [1.165, 1.54) is 0 Å². The van der Waals surface area contributed by atoms with Gasteiger partial charge in [0.05, 0.1) is 6.42 Å². The smallest absolute Gasteiger partial charge is 0.330 e. The molecule has 0 saturated carbocycles. The number of hydrogen-bond acceptors (Lipinski definition) is 1. The van der Waals surface area contributed by atoms with Crippen molar-refractivity contribution in [1.82, 2.24) is 0 Å². The largest absolute Gasteiger partial charge is 0.389 e. The van der Waals surface area contributed by atoms with E-state index in [0.29, 0.717) is 12.0 Å². The number of hydrogen-bond donors (Lipinski definition) is 1. The standard InChI is InChI=1S/C11H14F3N/c12-11(13,14)8-10(6-7-15)9-4-2-1-3-5-9/h1-5,10H,6-8,15H2. The normalized spacial score (nSPS) is 13.9. The first-order chi connectivity index (χ1) is 7.03. The van der Waals surface area contributed by atoms with Crippen molar-refractivity contribution < 1.29 is 13.2 Å². The zero-order chi connectivity index (χ0) is 11.3. The Bertz CT molecular complexity index is 282. The predicted octanol–water partition coefficient (Wildman–Crippen LogP) is 3.07. The van der Waals surface area contributed by atoms with E-state index in [9.17, 15) is 13.2 Å². The van der Waals surface area contributed by atoms with Gasteiger partial charge in [-0.2, -0.15) is 13.2 Å². The zero-order valence-electron chi connectivity index (χ0n) is 8.30. The predicted molar refractivity (Wildman–Crippen MR) is 53.5 cm³/mol. The van der Waals surface area contributed by atoms with Crippen molar-refractivity contribution in [2.75, 3.05) is 6.54 Å². The first kappa shape index (κ1) is 12.0. The summed E-state index contributed by atoms with van der Waals surface area (Å²) in [6.45, 7) is 0.273. The fraction of sp³-hybridized carbons (Fsp3) is 0.455. The van der Waals surface area contributed by atoms with Crippen LogP contribution in [0.15, 0.2) is 30.3 Å². The molecule has 0 aromatic heterocycles. The molecule has 1 nitrogen and oxygen atoms in total. The van der Waals surface area contributed by atoms with Gasteiger partial charge in [-0.1, -0.05) is 30.3 Å². The van der Waals surface area contributed by atoms with E-state index >= 15 is 0 Å². The third-order valence-electron chi connectivity index (χ3n) is 2.26. The molecule has 1 aromatic rings. The van der Waals surface area contributed by atoms with Crippen molar-refractivity contribution in [2.24, 2.45) is 5.73 Å². The summed E-state index contributed by atoms with van der Waals surface area (Å²) in [6, 6.07) is 8.71. The van der Waals surface area contributed by atoms with Gasteiger partial charge in [-0.05, 0) is 24.4 Å². The van der Waals surface area contributed by atoms with Crippen LogP contribution in [0.3, 0.4) is 0 Å². The van der Waals surface area contributed by atoms with Crippen molar-refractivity contribution in [3.63, 3.8) is 0 Å². The summed E-state index contributed by atoms with van der Waals surface area (Å²) in [7, 11) is 0. The van der Waals surface area contributed by atoms with Crippen molar-refractivity contribution in [1.29, 1.82) is 0 Å². The molecular formula is C11H14F3N. The number of nitrogens with two attached hydrogens (primary N) is 1. The Morgan fingerprint density at radius 2 is 1.73 bits per heavy atom.